The number of hydrogen-bond acceptors (Lipinski definition) is 2. The molecule has 2 rings (SSSR count). The van der Waals surface area contributed by atoms with Gasteiger partial charge in [-0.05, 0) is 36.1 Å². The van der Waals surface area contributed by atoms with Crippen LogP contribution in [0.25, 0.3) is 0 Å². The Labute approximate surface area is 146 Å². The average molecular weight is 352 g/mol. The third-order valence-electron chi connectivity index (χ3n) is 3.45. The van der Waals surface area contributed by atoms with Crippen molar-refractivity contribution in [2.75, 3.05) is 11.9 Å². The molecule has 0 aliphatic carbocycles. The Bertz CT molecular complexity index is 714. The number of amides is 1. The summed E-state index contributed by atoms with van der Waals surface area (Å²) in [6, 6.07) is 10.9. The molecule has 0 fully saturated rings. The van der Waals surface area contributed by atoms with Gasteiger partial charge in [0.25, 0.3) is 5.91 Å². The Morgan fingerprint density at radius 1 is 1.17 bits per heavy atom. The van der Waals surface area contributed by atoms with E-state index in [9.17, 15) is 4.79 Å². The van der Waals surface area contributed by atoms with Crippen LogP contribution in [0.3, 0.4) is 0 Å². The highest BCUT2D eigenvalue weighted by atomic mass is 35.5. The van der Waals surface area contributed by atoms with E-state index >= 15 is 0 Å². The standard InChI is InChI=1S/C18H19Cl2NO2/c1-11(2)14-6-4-5-12(3)18(14)21-17(22)10-23-13-7-8-15(19)16(20)9-13/h4-9,11H,10H2,1-3H3,(H,21,22). The van der Waals surface area contributed by atoms with Gasteiger partial charge in [0.1, 0.15) is 5.75 Å². The van der Waals surface area contributed by atoms with Crippen molar-refractivity contribution in [2.45, 2.75) is 26.7 Å². The zero-order chi connectivity index (χ0) is 17.0. The second kappa shape index (κ2) is 7.71. The van der Waals surface area contributed by atoms with Crippen LogP contribution in [0.5, 0.6) is 5.75 Å². The Balaban J connectivity index is 2.04. The highest BCUT2D eigenvalue weighted by Gasteiger charge is 2.12. The molecule has 0 aliphatic rings. The van der Waals surface area contributed by atoms with Crippen molar-refractivity contribution in [1.82, 2.24) is 0 Å². The number of ether oxygens (including phenoxy) is 1. The fourth-order valence-corrected chi connectivity index (χ4v) is 2.52. The highest BCUT2D eigenvalue weighted by Crippen LogP contribution is 2.28. The number of hydrogen-bond donors (Lipinski definition) is 1. The Morgan fingerprint density at radius 2 is 1.91 bits per heavy atom. The largest absolute Gasteiger partial charge is 0.484 e. The molecular weight excluding hydrogens is 333 g/mol. The lowest BCUT2D eigenvalue weighted by atomic mass is 9.98. The number of halogens is 2. The Hall–Kier alpha value is -1.71. The van der Waals surface area contributed by atoms with E-state index in [1.165, 1.54) is 0 Å². The maximum atomic E-state index is 12.2. The van der Waals surface area contributed by atoms with Crippen LogP contribution in [0.4, 0.5) is 5.69 Å². The number of benzene rings is 2. The van der Waals surface area contributed by atoms with E-state index in [0.29, 0.717) is 21.7 Å². The zero-order valence-corrected chi connectivity index (χ0v) is 14.8. The summed E-state index contributed by atoms with van der Waals surface area (Å²) < 4.78 is 5.46. The molecule has 0 radical (unpaired) electrons. The van der Waals surface area contributed by atoms with Crippen LogP contribution in [0, 0.1) is 6.92 Å². The maximum absolute atomic E-state index is 12.2. The number of rotatable bonds is 5. The van der Waals surface area contributed by atoms with Gasteiger partial charge >= 0.3 is 0 Å². The van der Waals surface area contributed by atoms with Crippen LogP contribution in [-0.4, -0.2) is 12.5 Å². The van der Waals surface area contributed by atoms with E-state index < -0.39 is 0 Å². The first-order chi connectivity index (χ1) is 10.9. The first-order valence-electron chi connectivity index (χ1n) is 7.35. The van der Waals surface area contributed by atoms with Crippen molar-refractivity contribution in [2.24, 2.45) is 0 Å². The molecule has 1 amide bonds. The minimum Gasteiger partial charge on any atom is -0.484 e. The lowest BCUT2D eigenvalue weighted by Gasteiger charge is -2.16. The van der Waals surface area contributed by atoms with E-state index in [4.69, 9.17) is 27.9 Å². The molecule has 0 spiro atoms. The predicted octanol–water partition coefficient (Wildman–Crippen LogP) is 5.44. The molecule has 0 saturated heterocycles. The quantitative estimate of drug-likeness (QED) is 0.778. The molecule has 122 valence electrons. The SMILES string of the molecule is Cc1cccc(C(C)C)c1NC(=O)COc1ccc(Cl)c(Cl)c1. The van der Waals surface area contributed by atoms with Gasteiger partial charge in [0.15, 0.2) is 6.61 Å². The number of carbonyl (C=O) groups excluding carboxylic acids is 1. The van der Waals surface area contributed by atoms with Gasteiger partial charge in [0.05, 0.1) is 10.0 Å². The number of anilines is 1. The lowest BCUT2D eigenvalue weighted by molar-refractivity contribution is -0.118. The molecule has 0 aromatic heterocycles. The van der Waals surface area contributed by atoms with Gasteiger partial charge in [-0.1, -0.05) is 55.2 Å². The van der Waals surface area contributed by atoms with E-state index in [2.05, 4.69) is 19.2 Å². The molecule has 0 bridgehead atoms. The van der Waals surface area contributed by atoms with Crippen molar-refractivity contribution in [3.8, 4) is 5.75 Å². The molecular formula is C18H19Cl2NO2. The first kappa shape index (κ1) is 17.6. The third-order valence-corrected chi connectivity index (χ3v) is 4.19. The van der Waals surface area contributed by atoms with Gasteiger partial charge in [0.2, 0.25) is 0 Å². The average Bonchev–Trinajstić information content (AvgIpc) is 2.50. The second-order valence-corrected chi connectivity index (χ2v) is 6.42. The molecule has 2 aromatic rings. The Kier molecular flexibility index (Phi) is 5.91. The van der Waals surface area contributed by atoms with Gasteiger partial charge in [-0.3, -0.25) is 4.79 Å². The van der Waals surface area contributed by atoms with E-state index in [1.807, 2.05) is 25.1 Å². The van der Waals surface area contributed by atoms with Gasteiger partial charge in [0, 0.05) is 11.8 Å². The van der Waals surface area contributed by atoms with Crippen molar-refractivity contribution in [1.29, 1.82) is 0 Å². The third kappa shape index (κ3) is 4.63. The highest BCUT2D eigenvalue weighted by molar-refractivity contribution is 6.42. The van der Waals surface area contributed by atoms with Gasteiger partial charge in [-0.2, -0.15) is 0 Å². The molecule has 0 heterocycles. The van der Waals surface area contributed by atoms with Crippen molar-refractivity contribution >= 4 is 34.8 Å². The van der Waals surface area contributed by atoms with E-state index in [-0.39, 0.29) is 12.5 Å². The van der Waals surface area contributed by atoms with Crippen LogP contribution in [0.1, 0.15) is 30.9 Å². The van der Waals surface area contributed by atoms with Crippen LogP contribution in [-0.2, 0) is 4.79 Å². The molecule has 5 heteroatoms. The molecule has 0 unspecified atom stereocenters. The molecule has 3 nitrogen and oxygen atoms in total. The predicted molar refractivity (Wildman–Crippen MR) is 95.9 cm³/mol. The zero-order valence-electron chi connectivity index (χ0n) is 13.3. The summed E-state index contributed by atoms with van der Waals surface area (Å²) in [4.78, 5) is 12.2. The molecule has 23 heavy (non-hydrogen) atoms. The summed E-state index contributed by atoms with van der Waals surface area (Å²) in [5, 5.41) is 3.78. The minimum absolute atomic E-state index is 0.0934. The van der Waals surface area contributed by atoms with Crippen molar-refractivity contribution in [3.63, 3.8) is 0 Å². The molecule has 0 saturated carbocycles. The smallest absolute Gasteiger partial charge is 0.262 e. The van der Waals surface area contributed by atoms with Gasteiger partial charge < -0.3 is 10.1 Å². The summed E-state index contributed by atoms with van der Waals surface area (Å²) >= 11 is 11.8. The van der Waals surface area contributed by atoms with Crippen LogP contribution >= 0.6 is 23.2 Å². The fraction of sp³-hybridized carbons (Fsp3) is 0.278. The summed E-state index contributed by atoms with van der Waals surface area (Å²) in [6.07, 6.45) is 0. The molecule has 1 N–H and O–H groups in total. The number of carbonyl (C=O) groups is 1. The monoisotopic (exact) mass is 351 g/mol. The number of nitrogens with one attached hydrogen (secondary N) is 1. The lowest BCUT2D eigenvalue weighted by Crippen LogP contribution is -2.21. The fourth-order valence-electron chi connectivity index (χ4n) is 2.23. The summed E-state index contributed by atoms with van der Waals surface area (Å²) in [5.41, 5.74) is 2.98. The first-order valence-corrected chi connectivity index (χ1v) is 8.11. The molecule has 2 aromatic carbocycles. The molecule has 0 atom stereocenters. The van der Waals surface area contributed by atoms with Gasteiger partial charge in [-0.25, -0.2) is 0 Å². The van der Waals surface area contributed by atoms with Crippen molar-refractivity contribution in [3.05, 3.63) is 57.6 Å². The summed E-state index contributed by atoms with van der Waals surface area (Å²) in [5.74, 6) is 0.608. The van der Waals surface area contributed by atoms with E-state index in [1.54, 1.807) is 18.2 Å². The summed E-state index contributed by atoms with van der Waals surface area (Å²) in [7, 11) is 0. The van der Waals surface area contributed by atoms with E-state index in [0.717, 1.165) is 16.8 Å². The molecule has 0 aliphatic heterocycles. The van der Waals surface area contributed by atoms with Gasteiger partial charge in [-0.15, -0.1) is 0 Å². The normalized spacial score (nSPS) is 10.7. The van der Waals surface area contributed by atoms with Crippen LogP contribution in [0.2, 0.25) is 10.0 Å². The number of para-hydroxylation sites is 1. The number of aryl methyl sites for hydroxylation is 1. The Morgan fingerprint density at radius 3 is 2.57 bits per heavy atom. The minimum atomic E-state index is -0.215. The topological polar surface area (TPSA) is 38.3 Å². The second-order valence-electron chi connectivity index (χ2n) is 5.61. The van der Waals surface area contributed by atoms with Crippen LogP contribution in [0.15, 0.2) is 36.4 Å². The maximum Gasteiger partial charge on any atom is 0.262 e. The summed E-state index contributed by atoms with van der Waals surface area (Å²) in [6.45, 7) is 6.07. The van der Waals surface area contributed by atoms with Crippen molar-refractivity contribution < 1.29 is 9.53 Å². The van der Waals surface area contributed by atoms with Crippen LogP contribution < -0.4 is 10.1 Å².